The number of carbonyl (C=O) groups is 2. The Hall–Kier alpha value is -1.88. The molecule has 1 saturated heterocycles. The number of aliphatic hydroxyl groups excluding tert-OH is 1. The van der Waals surface area contributed by atoms with Gasteiger partial charge in [-0.15, -0.1) is 0 Å². The molecule has 96 valence electrons. The van der Waals surface area contributed by atoms with Gasteiger partial charge in [0.15, 0.2) is 6.10 Å². The minimum Gasteiger partial charge on any atom is -0.441 e. The normalized spacial score (nSPS) is 24.8. The van der Waals surface area contributed by atoms with Crippen molar-refractivity contribution in [1.29, 1.82) is 0 Å². The van der Waals surface area contributed by atoms with E-state index in [0.717, 1.165) is 6.29 Å². The summed E-state index contributed by atoms with van der Waals surface area (Å²) >= 11 is 0. The fraction of sp³-hybridized carbons (Fsp3) is 0.385. The monoisotopic (exact) mass is 249 g/mol. The molecule has 0 bridgehead atoms. The summed E-state index contributed by atoms with van der Waals surface area (Å²) in [5.41, 5.74) is 0.664. The molecule has 0 saturated carbocycles. The molecule has 0 radical (unpaired) electrons. The van der Waals surface area contributed by atoms with Crippen LogP contribution in [0.15, 0.2) is 30.3 Å². The number of nitrogens with zero attached hydrogens (tertiary/aromatic N) is 1. The van der Waals surface area contributed by atoms with E-state index in [4.69, 9.17) is 4.74 Å². The second kappa shape index (κ2) is 5.18. The van der Waals surface area contributed by atoms with Crippen LogP contribution in [0, 0.1) is 0 Å². The number of amides is 1. The lowest BCUT2D eigenvalue weighted by atomic mass is 10.0. The van der Waals surface area contributed by atoms with Crippen molar-refractivity contribution in [3.8, 4) is 0 Å². The minimum absolute atomic E-state index is 0.135. The number of aldehydes is 1. The van der Waals surface area contributed by atoms with Crippen molar-refractivity contribution in [2.24, 2.45) is 0 Å². The molecule has 1 unspecified atom stereocenters. The van der Waals surface area contributed by atoms with Crippen LogP contribution in [0.4, 0.5) is 10.5 Å². The van der Waals surface area contributed by atoms with Gasteiger partial charge in [-0.05, 0) is 19.1 Å². The van der Waals surface area contributed by atoms with Gasteiger partial charge in [0.05, 0.1) is 12.1 Å². The molecular formula is C13H15NO4. The molecule has 1 N–H and O–H groups in total. The Morgan fingerprint density at radius 1 is 1.44 bits per heavy atom. The predicted molar refractivity (Wildman–Crippen MR) is 65.3 cm³/mol. The zero-order valence-electron chi connectivity index (χ0n) is 10.0. The van der Waals surface area contributed by atoms with Crippen LogP contribution in [-0.4, -0.2) is 35.7 Å². The molecule has 3 atom stereocenters. The Labute approximate surface area is 105 Å². The zero-order chi connectivity index (χ0) is 13.1. The molecule has 1 heterocycles. The van der Waals surface area contributed by atoms with Gasteiger partial charge in [0, 0.05) is 12.1 Å². The number of ether oxygens (including phenoxy) is 1. The van der Waals surface area contributed by atoms with E-state index in [-0.39, 0.29) is 6.42 Å². The Morgan fingerprint density at radius 3 is 2.67 bits per heavy atom. The largest absolute Gasteiger partial charge is 0.441 e. The number of anilines is 1. The molecule has 0 aromatic heterocycles. The summed E-state index contributed by atoms with van der Waals surface area (Å²) in [6.07, 6.45) is -1.15. The average molecular weight is 249 g/mol. The van der Waals surface area contributed by atoms with Crippen LogP contribution in [0.2, 0.25) is 0 Å². The van der Waals surface area contributed by atoms with Gasteiger partial charge in [-0.2, -0.15) is 0 Å². The number of benzene rings is 1. The molecule has 0 aliphatic carbocycles. The molecule has 1 fully saturated rings. The first-order valence-electron chi connectivity index (χ1n) is 5.81. The molecule has 1 aromatic rings. The second-order valence-electron chi connectivity index (χ2n) is 4.26. The predicted octanol–water partition coefficient (Wildman–Crippen LogP) is 1.35. The molecule has 0 spiro atoms. The van der Waals surface area contributed by atoms with Crippen molar-refractivity contribution in [2.75, 3.05) is 4.90 Å². The van der Waals surface area contributed by atoms with Crippen LogP contribution in [0.5, 0.6) is 0 Å². The molecule has 1 aliphatic heterocycles. The smallest absolute Gasteiger partial charge is 0.415 e. The van der Waals surface area contributed by atoms with Gasteiger partial charge in [0.1, 0.15) is 6.29 Å². The summed E-state index contributed by atoms with van der Waals surface area (Å²) in [6.45, 7) is 1.55. The van der Waals surface area contributed by atoms with Gasteiger partial charge in [-0.3, -0.25) is 4.90 Å². The highest BCUT2D eigenvalue weighted by Crippen LogP contribution is 2.29. The highest BCUT2D eigenvalue weighted by molar-refractivity contribution is 5.91. The van der Waals surface area contributed by atoms with Crippen molar-refractivity contribution in [3.05, 3.63) is 30.3 Å². The van der Waals surface area contributed by atoms with Gasteiger partial charge in [0.25, 0.3) is 0 Å². The number of carbonyl (C=O) groups excluding carboxylic acids is 2. The Kier molecular flexibility index (Phi) is 3.62. The second-order valence-corrected chi connectivity index (χ2v) is 4.26. The van der Waals surface area contributed by atoms with Gasteiger partial charge in [0.2, 0.25) is 0 Å². The van der Waals surface area contributed by atoms with Gasteiger partial charge in [-0.1, -0.05) is 18.2 Å². The first kappa shape index (κ1) is 12.6. The maximum absolute atomic E-state index is 11.9. The first-order valence-corrected chi connectivity index (χ1v) is 5.81. The number of aliphatic hydroxyl groups is 1. The first-order chi connectivity index (χ1) is 8.65. The van der Waals surface area contributed by atoms with E-state index in [2.05, 4.69) is 0 Å². The van der Waals surface area contributed by atoms with Crippen LogP contribution in [0.3, 0.4) is 0 Å². The Morgan fingerprint density at radius 2 is 2.11 bits per heavy atom. The molecule has 18 heavy (non-hydrogen) atoms. The number of cyclic esters (lactones) is 1. The molecule has 5 nitrogen and oxygen atoms in total. The fourth-order valence-electron chi connectivity index (χ4n) is 2.18. The van der Waals surface area contributed by atoms with Gasteiger partial charge >= 0.3 is 6.09 Å². The summed E-state index contributed by atoms with van der Waals surface area (Å²) in [4.78, 5) is 24.0. The Balaban J connectivity index is 2.32. The molecular weight excluding hydrogens is 234 g/mol. The molecule has 2 rings (SSSR count). The summed E-state index contributed by atoms with van der Waals surface area (Å²) in [5, 5.41) is 9.61. The van der Waals surface area contributed by atoms with Crippen molar-refractivity contribution in [1.82, 2.24) is 0 Å². The van der Waals surface area contributed by atoms with Gasteiger partial charge < -0.3 is 14.6 Å². The van der Waals surface area contributed by atoms with E-state index >= 15 is 0 Å². The van der Waals surface area contributed by atoms with E-state index < -0.39 is 24.3 Å². The molecule has 1 amide bonds. The van der Waals surface area contributed by atoms with Crippen molar-refractivity contribution < 1.29 is 19.4 Å². The SMILES string of the molecule is CC(O)[C@@H]1OC(=O)N(c2ccccc2)[C@H]1CC=O. The maximum atomic E-state index is 11.9. The minimum atomic E-state index is -0.812. The standard InChI is InChI=1S/C13H15NO4/c1-9(16)12-11(7-8-15)14(13(17)18-12)10-5-3-2-4-6-10/h2-6,8-9,11-12,16H,7H2,1H3/t9?,11-,12-/m0/s1. The summed E-state index contributed by atoms with van der Waals surface area (Å²) < 4.78 is 5.13. The van der Waals surface area contributed by atoms with Crippen LogP contribution < -0.4 is 4.90 Å². The third kappa shape index (κ3) is 2.22. The number of hydrogen-bond acceptors (Lipinski definition) is 4. The third-order valence-electron chi connectivity index (χ3n) is 2.99. The maximum Gasteiger partial charge on any atom is 0.415 e. The lowest BCUT2D eigenvalue weighted by Gasteiger charge is -2.24. The lowest BCUT2D eigenvalue weighted by molar-refractivity contribution is -0.108. The van der Waals surface area contributed by atoms with Crippen LogP contribution >= 0.6 is 0 Å². The van der Waals surface area contributed by atoms with E-state index in [1.807, 2.05) is 6.07 Å². The number of para-hydroxylation sites is 1. The quantitative estimate of drug-likeness (QED) is 0.818. The highest BCUT2D eigenvalue weighted by Gasteiger charge is 2.44. The topological polar surface area (TPSA) is 66.8 Å². The lowest BCUT2D eigenvalue weighted by Crippen LogP contribution is -2.41. The zero-order valence-corrected chi connectivity index (χ0v) is 10.0. The van der Waals surface area contributed by atoms with Crippen molar-refractivity contribution in [2.45, 2.75) is 31.6 Å². The van der Waals surface area contributed by atoms with Crippen molar-refractivity contribution >= 4 is 18.1 Å². The van der Waals surface area contributed by atoms with E-state index in [0.29, 0.717) is 5.69 Å². The third-order valence-corrected chi connectivity index (χ3v) is 2.99. The summed E-state index contributed by atoms with van der Waals surface area (Å²) in [6, 6.07) is 8.52. The van der Waals surface area contributed by atoms with E-state index in [9.17, 15) is 14.7 Å². The Bertz CT molecular complexity index is 432. The van der Waals surface area contributed by atoms with Gasteiger partial charge in [-0.25, -0.2) is 4.79 Å². The molecule has 1 aliphatic rings. The van der Waals surface area contributed by atoms with E-state index in [1.165, 1.54) is 4.90 Å². The van der Waals surface area contributed by atoms with Crippen LogP contribution in [0.1, 0.15) is 13.3 Å². The number of rotatable bonds is 4. The fourth-order valence-corrected chi connectivity index (χ4v) is 2.18. The summed E-state index contributed by atoms with van der Waals surface area (Å²) in [7, 11) is 0. The molecule has 5 heteroatoms. The number of hydrogen-bond donors (Lipinski definition) is 1. The summed E-state index contributed by atoms with van der Waals surface area (Å²) in [5.74, 6) is 0. The van der Waals surface area contributed by atoms with E-state index in [1.54, 1.807) is 31.2 Å². The van der Waals surface area contributed by atoms with Crippen LogP contribution in [0.25, 0.3) is 0 Å². The average Bonchev–Trinajstić information content (AvgIpc) is 2.68. The molecule has 1 aromatic carbocycles. The highest BCUT2D eigenvalue weighted by atomic mass is 16.6. The van der Waals surface area contributed by atoms with Crippen LogP contribution in [-0.2, 0) is 9.53 Å². The van der Waals surface area contributed by atoms with Crippen molar-refractivity contribution in [3.63, 3.8) is 0 Å².